The van der Waals surface area contributed by atoms with Gasteiger partial charge in [-0.25, -0.2) is 8.78 Å². The van der Waals surface area contributed by atoms with E-state index >= 15 is 8.78 Å². The Balaban J connectivity index is 0.00000103. The number of amides is 1. The number of fused-ring (bicyclic) bond motifs is 4. The van der Waals surface area contributed by atoms with E-state index in [0.717, 1.165) is 25.7 Å². The number of aromatic nitrogens is 3. The van der Waals surface area contributed by atoms with Gasteiger partial charge in [-0.1, -0.05) is 12.0 Å². The van der Waals surface area contributed by atoms with Crippen molar-refractivity contribution in [2.75, 3.05) is 51.0 Å². The molecule has 5 aliphatic rings. The molecule has 2 N–H and O–H groups in total. The molecule has 4 saturated heterocycles. The molecule has 1 saturated carbocycles. The number of alkyl halides is 6. The Morgan fingerprint density at radius 2 is 1.72 bits per heavy atom. The van der Waals surface area contributed by atoms with Crippen LogP contribution in [-0.2, 0) is 9.32 Å². The molecule has 0 radical (unpaired) electrons. The largest absolute Gasteiger partial charge is 0.467 e. The van der Waals surface area contributed by atoms with Crippen LogP contribution in [0.5, 0.6) is 11.8 Å². The fourth-order valence-corrected chi connectivity index (χ4v) is 8.25. The van der Waals surface area contributed by atoms with Gasteiger partial charge in [-0.3, -0.25) is 14.3 Å². The van der Waals surface area contributed by atoms with E-state index in [2.05, 4.69) is 15.9 Å². The van der Waals surface area contributed by atoms with Gasteiger partial charge in [0.05, 0.1) is 35.6 Å². The minimum Gasteiger partial charge on any atom is -0.467 e. The number of nitrogens with zero attached hydrogens (tertiary/aromatic N) is 6. The van der Waals surface area contributed by atoms with E-state index in [1.165, 1.54) is 30.5 Å². The third-order valence-corrected chi connectivity index (χ3v) is 11.6. The fourth-order valence-electron chi connectivity index (χ4n) is 8.10. The summed E-state index contributed by atoms with van der Waals surface area (Å²) in [4.78, 5) is 49.5. The molecule has 4 aliphatic heterocycles. The highest BCUT2D eigenvalue weighted by atomic mass is 31.2. The predicted molar refractivity (Wildman–Crippen MR) is 202 cm³/mol. The van der Waals surface area contributed by atoms with Gasteiger partial charge in [0.15, 0.2) is 12.6 Å². The molecule has 2 unspecified atom stereocenters. The molecule has 6 heterocycles. The van der Waals surface area contributed by atoms with E-state index in [4.69, 9.17) is 35.2 Å². The lowest BCUT2D eigenvalue weighted by Crippen LogP contribution is -2.68. The number of halogens is 8. The van der Waals surface area contributed by atoms with Crippen molar-refractivity contribution in [1.82, 2.24) is 24.8 Å². The lowest BCUT2D eigenvalue weighted by molar-refractivity contribution is -0.185. The molecule has 2 bridgehead atoms. The van der Waals surface area contributed by atoms with Gasteiger partial charge in [-0.2, -0.15) is 36.3 Å². The summed E-state index contributed by atoms with van der Waals surface area (Å²) >= 11 is 0. The van der Waals surface area contributed by atoms with Crippen LogP contribution in [-0.4, -0.2) is 112 Å². The summed E-state index contributed by atoms with van der Waals surface area (Å²) in [5.74, 6) is -0.0730. The van der Waals surface area contributed by atoms with E-state index in [1.54, 1.807) is 4.90 Å². The summed E-state index contributed by atoms with van der Waals surface area (Å²) in [5, 5.41) is 0.836. The summed E-state index contributed by atoms with van der Waals surface area (Å²) in [7, 11) is -2.72. The van der Waals surface area contributed by atoms with Crippen LogP contribution in [0.15, 0.2) is 30.5 Å². The molecule has 4 aromatic rings. The average Bonchev–Trinajstić information content (AvgIpc) is 3.95. The SMILES string of the molecule is C#Cc1c(F)ccc2cc(OCOP(O)O)cc(-c3ncc4c(N5CC6CC(C5)N6C=O)nc(OCC5(CN6CCC(C(F)(F)F)CC6)CC5)nc4c3F)c12.CC(F)(F)F. The molecular weight excluding hydrogens is 831 g/mol. The lowest BCUT2D eigenvalue weighted by Gasteiger charge is -2.55. The number of hydrogen-bond donors (Lipinski definition) is 2. The molecule has 2 atom stereocenters. The minimum atomic E-state index is -4.20. The fraction of sp³-hybridized carbons (Fsp3) is 0.487. The summed E-state index contributed by atoms with van der Waals surface area (Å²) in [6.45, 7) is 1.90. The molecule has 2 aromatic heterocycles. The first-order valence-electron chi connectivity index (χ1n) is 18.9. The van der Waals surface area contributed by atoms with Crippen molar-refractivity contribution < 1.29 is 63.7 Å². The highest BCUT2D eigenvalue weighted by Crippen LogP contribution is 2.48. The van der Waals surface area contributed by atoms with Crippen LogP contribution in [0.3, 0.4) is 0 Å². The molecule has 5 fully saturated rings. The monoisotopic (exact) mass is 870 g/mol. The van der Waals surface area contributed by atoms with Crippen molar-refractivity contribution in [3.8, 4) is 35.4 Å². The van der Waals surface area contributed by atoms with E-state index < -0.39 is 45.3 Å². The van der Waals surface area contributed by atoms with Crippen LogP contribution in [0.2, 0.25) is 0 Å². The summed E-state index contributed by atoms with van der Waals surface area (Å²) in [6, 6.07) is 5.30. The second kappa shape index (κ2) is 17.0. The first-order valence-corrected chi connectivity index (χ1v) is 20.0. The van der Waals surface area contributed by atoms with Crippen LogP contribution < -0.4 is 14.4 Å². The second-order valence-electron chi connectivity index (χ2n) is 15.5. The van der Waals surface area contributed by atoms with E-state index in [9.17, 15) is 31.1 Å². The number of pyridine rings is 1. The van der Waals surface area contributed by atoms with Crippen LogP contribution >= 0.6 is 8.60 Å². The van der Waals surface area contributed by atoms with Gasteiger partial charge in [0.2, 0.25) is 6.41 Å². The molecule has 1 aliphatic carbocycles. The number of likely N-dealkylation sites (tertiary alicyclic amines) is 1. The van der Waals surface area contributed by atoms with Crippen molar-refractivity contribution in [3.05, 3.63) is 47.7 Å². The van der Waals surface area contributed by atoms with Crippen molar-refractivity contribution in [2.45, 2.75) is 63.5 Å². The second-order valence-corrected chi connectivity index (χ2v) is 16.2. The highest BCUT2D eigenvalue weighted by molar-refractivity contribution is 7.39. The highest BCUT2D eigenvalue weighted by Gasteiger charge is 2.48. The maximum atomic E-state index is 17.1. The first kappa shape index (κ1) is 43.4. The summed E-state index contributed by atoms with van der Waals surface area (Å²) in [5.41, 5.74) is -0.743. The van der Waals surface area contributed by atoms with Gasteiger partial charge in [0.25, 0.3) is 0 Å². The summed E-state index contributed by atoms with van der Waals surface area (Å²) in [6.07, 6.45) is 2.29. The Morgan fingerprint density at radius 1 is 1.03 bits per heavy atom. The zero-order valence-electron chi connectivity index (χ0n) is 31.9. The van der Waals surface area contributed by atoms with Gasteiger partial charge in [-0.15, -0.1) is 6.42 Å². The van der Waals surface area contributed by atoms with Gasteiger partial charge in [0, 0.05) is 49.1 Å². The Morgan fingerprint density at radius 3 is 2.32 bits per heavy atom. The Bertz CT molecular complexity index is 2270. The smallest absolute Gasteiger partial charge is 0.391 e. The molecule has 21 heteroatoms. The minimum absolute atomic E-state index is 0.0483. The number of ether oxygens (including phenoxy) is 2. The van der Waals surface area contributed by atoms with Crippen LogP contribution in [0, 0.1) is 35.3 Å². The Kier molecular flexibility index (Phi) is 12.3. The molecule has 2 aromatic carbocycles. The van der Waals surface area contributed by atoms with Crippen molar-refractivity contribution in [3.63, 3.8) is 0 Å². The van der Waals surface area contributed by atoms with Gasteiger partial charge >= 0.3 is 27.0 Å². The van der Waals surface area contributed by atoms with Crippen molar-refractivity contribution >= 4 is 42.5 Å². The topological polar surface area (TPSA) is 134 Å². The average molecular weight is 871 g/mol. The van der Waals surface area contributed by atoms with E-state index in [0.29, 0.717) is 43.9 Å². The summed E-state index contributed by atoms with van der Waals surface area (Å²) < 4.78 is 120. The number of terminal acetylenes is 1. The molecule has 0 spiro atoms. The number of anilines is 1. The molecule has 60 heavy (non-hydrogen) atoms. The molecule has 322 valence electrons. The van der Waals surface area contributed by atoms with Crippen LogP contribution in [0.25, 0.3) is 32.9 Å². The van der Waals surface area contributed by atoms with Crippen molar-refractivity contribution in [2.24, 2.45) is 11.3 Å². The standard InChI is InChI=1S/C37H36F5N6O6P.C2H3F3/c1-2-26-29(38)4-3-21-11-25(53-20-54-55(50)51)13-27(30(21)26)32-31(39)33-28(14-43-32)34(47-15-23-12-24(16-47)48(23)19-49)45-35(44-33)52-18-36(7-8-36)17-46-9-5-22(6-10-46)37(40,41)42;1-2(3,4)5/h1,3-4,11,13-14,19,22-24,50-51H,5-10,12,15-18,20H2;1H3. The lowest BCUT2D eigenvalue weighted by atomic mass is 9.88. The number of carbonyl (C=O) groups excluding carboxylic acids is 1. The molecule has 9 rings (SSSR count). The number of piperazine rings is 1. The quantitative estimate of drug-likeness (QED) is 0.0497. The molecule has 1 amide bonds. The van der Waals surface area contributed by atoms with Gasteiger partial charge in [0.1, 0.15) is 28.6 Å². The van der Waals surface area contributed by atoms with Crippen LogP contribution in [0.4, 0.5) is 40.9 Å². The number of benzene rings is 2. The zero-order chi connectivity index (χ0) is 43.1. The van der Waals surface area contributed by atoms with Gasteiger partial charge < -0.3 is 34.0 Å². The third kappa shape index (κ3) is 9.60. The Labute approximate surface area is 339 Å². The normalized spacial score (nSPS) is 20.4. The maximum absolute atomic E-state index is 17.1. The third-order valence-electron chi connectivity index (χ3n) is 11.2. The number of piperidine rings is 2. The number of hydrogen-bond acceptors (Lipinski definition) is 11. The number of carbonyl (C=O) groups is 1. The van der Waals surface area contributed by atoms with Gasteiger partial charge in [-0.05, 0) is 68.8 Å². The number of rotatable bonds is 12. The first-order chi connectivity index (χ1) is 28.4. The van der Waals surface area contributed by atoms with E-state index in [1.807, 2.05) is 9.80 Å². The van der Waals surface area contributed by atoms with Crippen LogP contribution in [0.1, 0.15) is 44.6 Å². The Hall–Kier alpha value is -4.67. The molecular formula is C39H39F8N6O6P. The zero-order valence-corrected chi connectivity index (χ0v) is 32.8. The maximum Gasteiger partial charge on any atom is 0.391 e. The van der Waals surface area contributed by atoms with E-state index in [-0.39, 0.29) is 88.7 Å². The predicted octanol–water partition coefficient (Wildman–Crippen LogP) is 7.09. The van der Waals surface area contributed by atoms with Crippen molar-refractivity contribution in [1.29, 1.82) is 0 Å². The molecule has 12 nitrogen and oxygen atoms in total.